The van der Waals surface area contributed by atoms with Crippen LogP contribution in [-0.2, 0) is 4.79 Å². The number of rotatable bonds is 2. The van der Waals surface area contributed by atoms with Crippen molar-refractivity contribution >= 4 is 23.6 Å². The predicted molar refractivity (Wildman–Crippen MR) is 77.4 cm³/mol. The van der Waals surface area contributed by atoms with Crippen LogP contribution >= 0.6 is 0 Å². The number of carbonyl (C=O) groups is 2. The van der Waals surface area contributed by atoms with Gasteiger partial charge in [-0.25, -0.2) is 14.8 Å². The molecule has 0 aliphatic carbocycles. The van der Waals surface area contributed by atoms with Crippen LogP contribution in [0.15, 0.2) is 36.5 Å². The molecule has 7 nitrogen and oxygen atoms in total. The van der Waals surface area contributed by atoms with Crippen LogP contribution < -0.4 is 10.6 Å². The van der Waals surface area contributed by atoms with Gasteiger partial charge in [-0.3, -0.25) is 4.79 Å². The maximum Gasteiger partial charge on any atom is 0.334 e. The number of likely N-dealkylation sites (N-methyl/N-ethyl adjacent to an activating group) is 1. The van der Waals surface area contributed by atoms with E-state index in [2.05, 4.69) is 9.97 Å². The zero-order chi connectivity index (χ0) is 15.0. The molecule has 1 aliphatic rings. The van der Waals surface area contributed by atoms with Crippen LogP contribution in [0.25, 0.3) is 11.3 Å². The van der Waals surface area contributed by atoms with Crippen molar-refractivity contribution in [2.45, 2.75) is 0 Å². The first kappa shape index (κ1) is 13.0. The van der Waals surface area contributed by atoms with E-state index in [1.807, 2.05) is 30.3 Å². The molecule has 1 fully saturated rings. The number of urea groups is 1. The van der Waals surface area contributed by atoms with Gasteiger partial charge in [0.15, 0.2) is 0 Å². The van der Waals surface area contributed by atoms with Gasteiger partial charge in [0, 0.05) is 12.6 Å². The van der Waals surface area contributed by atoms with Crippen molar-refractivity contribution in [1.29, 1.82) is 0 Å². The summed E-state index contributed by atoms with van der Waals surface area (Å²) in [6.45, 7) is 0.0211. The van der Waals surface area contributed by atoms with E-state index in [9.17, 15) is 9.59 Å². The lowest BCUT2D eigenvalue weighted by atomic mass is 10.1. The summed E-state index contributed by atoms with van der Waals surface area (Å²) >= 11 is 0. The number of nitrogens with two attached hydrogens (primary N) is 1. The summed E-state index contributed by atoms with van der Waals surface area (Å²) in [6.07, 6.45) is 1.41. The van der Waals surface area contributed by atoms with Gasteiger partial charge < -0.3 is 10.6 Å². The fourth-order valence-electron chi connectivity index (χ4n) is 2.13. The number of hydrogen-bond acceptors (Lipinski definition) is 5. The third-order valence-electron chi connectivity index (χ3n) is 3.19. The van der Waals surface area contributed by atoms with Gasteiger partial charge in [-0.2, -0.15) is 4.90 Å². The van der Waals surface area contributed by atoms with Crippen molar-refractivity contribution < 1.29 is 9.59 Å². The molecule has 0 unspecified atom stereocenters. The zero-order valence-electron chi connectivity index (χ0n) is 11.4. The molecule has 0 radical (unpaired) electrons. The van der Waals surface area contributed by atoms with Crippen LogP contribution in [-0.4, -0.2) is 40.4 Å². The largest absolute Gasteiger partial charge is 0.396 e. The van der Waals surface area contributed by atoms with Crippen molar-refractivity contribution in [3.8, 4) is 11.3 Å². The number of nitrogen functional groups attached to an aromatic ring is 1. The van der Waals surface area contributed by atoms with E-state index in [1.54, 1.807) is 7.05 Å². The Balaban J connectivity index is 2.06. The molecule has 1 aromatic heterocycles. The number of imide groups is 1. The van der Waals surface area contributed by atoms with Gasteiger partial charge in [-0.05, 0) is 0 Å². The van der Waals surface area contributed by atoms with E-state index >= 15 is 0 Å². The Hall–Kier alpha value is -2.96. The Morgan fingerprint density at radius 2 is 1.90 bits per heavy atom. The maximum atomic E-state index is 12.0. The second kappa shape index (κ2) is 4.86. The van der Waals surface area contributed by atoms with Gasteiger partial charge in [0.2, 0.25) is 5.95 Å². The Labute approximate surface area is 121 Å². The highest BCUT2D eigenvalue weighted by atomic mass is 16.2. The van der Waals surface area contributed by atoms with Crippen molar-refractivity contribution in [1.82, 2.24) is 14.9 Å². The molecule has 0 bridgehead atoms. The quantitative estimate of drug-likeness (QED) is 0.834. The molecule has 1 aromatic carbocycles. The second-order valence-corrected chi connectivity index (χ2v) is 4.71. The number of carbonyl (C=O) groups excluding carboxylic acids is 2. The van der Waals surface area contributed by atoms with Crippen LogP contribution in [0, 0.1) is 0 Å². The number of hydrogen-bond donors (Lipinski definition) is 1. The molecule has 21 heavy (non-hydrogen) atoms. The van der Waals surface area contributed by atoms with Crippen LogP contribution in [0.4, 0.5) is 16.4 Å². The number of amides is 3. The molecule has 3 amide bonds. The topological polar surface area (TPSA) is 92.4 Å². The summed E-state index contributed by atoms with van der Waals surface area (Å²) in [5.74, 6) is -0.311. The SMILES string of the molecule is CN1CC(=O)N(c2ncc(N)c(-c3ccccc3)n2)C1=O. The Bertz CT molecular complexity index is 717. The summed E-state index contributed by atoms with van der Waals surface area (Å²) in [4.78, 5) is 34.4. The smallest absolute Gasteiger partial charge is 0.334 e. The first-order valence-corrected chi connectivity index (χ1v) is 6.34. The molecule has 2 aromatic rings. The van der Waals surface area contributed by atoms with Crippen LogP contribution in [0.1, 0.15) is 0 Å². The number of aromatic nitrogens is 2. The molecule has 1 saturated heterocycles. The molecule has 1 aliphatic heterocycles. The maximum absolute atomic E-state index is 12.0. The second-order valence-electron chi connectivity index (χ2n) is 4.71. The number of nitrogens with zero attached hydrogens (tertiary/aromatic N) is 4. The molecule has 0 saturated carbocycles. The van der Waals surface area contributed by atoms with Gasteiger partial charge in [0.25, 0.3) is 5.91 Å². The van der Waals surface area contributed by atoms with E-state index in [0.717, 1.165) is 10.5 Å². The highest BCUT2D eigenvalue weighted by Gasteiger charge is 2.36. The minimum Gasteiger partial charge on any atom is -0.396 e. The first-order valence-electron chi connectivity index (χ1n) is 6.34. The van der Waals surface area contributed by atoms with Crippen LogP contribution in [0.5, 0.6) is 0 Å². The van der Waals surface area contributed by atoms with E-state index < -0.39 is 6.03 Å². The Morgan fingerprint density at radius 1 is 1.19 bits per heavy atom. The predicted octanol–water partition coefficient (Wildman–Crippen LogP) is 1.12. The summed E-state index contributed by atoms with van der Waals surface area (Å²) in [6, 6.07) is 8.85. The summed E-state index contributed by atoms with van der Waals surface area (Å²) in [5.41, 5.74) is 7.57. The summed E-state index contributed by atoms with van der Waals surface area (Å²) in [7, 11) is 1.55. The Kier molecular flexibility index (Phi) is 3.02. The van der Waals surface area contributed by atoms with E-state index in [0.29, 0.717) is 11.4 Å². The van der Waals surface area contributed by atoms with Crippen molar-refractivity contribution in [2.24, 2.45) is 0 Å². The molecule has 7 heteroatoms. The van der Waals surface area contributed by atoms with Crippen LogP contribution in [0.3, 0.4) is 0 Å². The van der Waals surface area contributed by atoms with Gasteiger partial charge in [0.05, 0.1) is 17.6 Å². The third-order valence-corrected chi connectivity index (χ3v) is 3.19. The molecule has 2 heterocycles. The normalized spacial score (nSPS) is 14.9. The van der Waals surface area contributed by atoms with Gasteiger partial charge in [0.1, 0.15) is 6.54 Å². The Morgan fingerprint density at radius 3 is 2.52 bits per heavy atom. The van der Waals surface area contributed by atoms with Gasteiger partial charge in [-0.1, -0.05) is 30.3 Å². The molecule has 2 N–H and O–H groups in total. The molecular weight excluding hydrogens is 270 g/mol. The molecule has 0 atom stereocenters. The highest BCUT2D eigenvalue weighted by molar-refractivity contribution is 6.18. The number of anilines is 2. The van der Waals surface area contributed by atoms with E-state index in [4.69, 9.17) is 5.73 Å². The fraction of sp³-hybridized carbons (Fsp3) is 0.143. The summed E-state index contributed by atoms with van der Waals surface area (Å²) < 4.78 is 0. The molecule has 106 valence electrons. The van der Waals surface area contributed by atoms with Gasteiger partial charge in [-0.15, -0.1) is 0 Å². The lowest BCUT2D eigenvalue weighted by molar-refractivity contribution is -0.116. The highest BCUT2D eigenvalue weighted by Crippen LogP contribution is 2.26. The fourth-order valence-corrected chi connectivity index (χ4v) is 2.13. The summed E-state index contributed by atoms with van der Waals surface area (Å²) in [5, 5.41) is 0. The lowest BCUT2D eigenvalue weighted by Gasteiger charge is -2.13. The van der Waals surface area contributed by atoms with Gasteiger partial charge >= 0.3 is 6.03 Å². The minimum atomic E-state index is -0.441. The van der Waals surface area contributed by atoms with E-state index in [-0.39, 0.29) is 18.4 Å². The average molecular weight is 283 g/mol. The number of benzene rings is 1. The molecule has 0 spiro atoms. The minimum absolute atomic E-state index is 0.0211. The average Bonchev–Trinajstić information content (AvgIpc) is 2.74. The van der Waals surface area contributed by atoms with Crippen molar-refractivity contribution in [3.05, 3.63) is 36.5 Å². The standard InChI is InChI=1S/C14H13N5O2/c1-18-8-11(20)19(14(18)21)13-16-7-10(15)12(17-13)9-5-3-2-4-6-9/h2-7H,8,15H2,1H3. The van der Waals surface area contributed by atoms with Crippen molar-refractivity contribution in [2.75, 3.05) is 24.2 Å². The zero-order valence-corrected chi connectivity index (χ0v) is 11.4. The molecular formula is C14H13N5O2. The molecule has 3 rings (SSSR count). The van der Waals surface area contributed by atoms with Crippen molar-refractivity contribution in [3.63, 3.8) is 0 Å². The van der Waals surface area contributed by atoms with Crippen LogP contribution in [0.2, 0.25) is 0 Å². The lowest BCUT2D eigenvalue weighted by Crippen LogP contribution is -2.33. The van der Waals surface area contributed by atoms with E-state index in [1.165, 1.54) is 11.1 Å². The first-order chi connectivity index (χ1) is 10.1. The third kappa shape index (κ3) is 2.18. The monoisotopic (exact) mass is 283 g/mol.